The number of aromatic nitrogens is 1. The molecule has 0 bridgehead atoms. The van der Waals surface area contributed by atoms with E-state index >= 15 is 0 Å². The Kier molecular flexibility index (Phi) is 3.86. The normalized spacial score (nSPS) is 14.7. The highest BCUT2D eigenvalue weighted by molar-refractivity contribution is 7.18. The largest absolute Gasteiger partial charge is 0.293 e. The van der Waals surface area contributed by atoms with Crippen LogP contribution < -0.4 is 0 Å². The van der Waals surface area contributed by atoms with Gasteiger partial charge in [0.1, 0.15) is 10.9 Å². The van der Waals surface area contributed by atoms with Crippen LogP contribution in [0.2, 0.25) is 20.1 Å². The van der Waals surface area contributed by atoms with E-state index in [0.29, 0.717) is 5.01 Å². The quantitative estimate of drug-likeness (QED) is 0.274. The number of hydrogen-bond donors (Lipinski definition) is 0. The second kappa shape index (κ2) is 5.68. The fourth-order valence-electron chi connectivity index (χ4n) is 2.74. The van der Waals surface area contributed by atoms with Crippen molar-refractivity contribution in [3.05, 3.63) is 60.5 Å². The van der Waals surface area contributed by atoms with Crippen molar-refractivity contribution in [2.24, 2.45) is 0 Å². The van der Waals surface area contributed by atoms with Gasteiger partial charge in [0.25, 0.3) is 0 Å². The number of rotatable bonds is 1. The lowest BCUT2D eigenvalue weighted by molar-refractivity contribution is 0.0890. The molecule has 2 aromatic carbocycles. The highest BCUT2D eigenvalue weighted by Gasteiger charge is 2.45. The van der Waals surface area contributed by atoms with Gasteiger partial charge in [0, 0.05) is 0 Å². The van der Waals surface area contributed by atoms with Crippen molar-refractivity contribution in [2.45, 2.75) is 5.92 Å². The zero-order chi connectivity index (χ0) is 17.2. The Labute approximate surface area is 160 Å². The second-order valence-electron chi connectivity index (χ2n) is 5.19. The summed E-state index contributed by atoms with van der Waals surface area (Å²) in [7, 11) is 0. The van der Waals surface area contributed by atoms with Crippen LogP contribution in [0.25, 0.3) is 10.2 Å². The lowest BCUT2D eigenvalue weighted by Crippen LogP contribution is -2.12. The van der Waals surface area contributed by atoms with Crippen LogP contribution in [0.15, 0.2) is 24.3 Å². The van der Waals surface area contributed by atoms with Gasteiger partial charge in [-0.1, -0.05) is 58.5 Å². The van der Waals surface area contributed by atoms with Crippen LogP contribution in [0, 0.1) is 0 Å². The van der Waals surface area contributed by atoms with Gasteiger partial charge >= 0.3 is 0 Å². The minimum atomic E-state index is -1.07. The molecule has 3 aromatic rings. The van der Waals surface area contributed by atoms with Gasteiger partial charge < -0.3 is 0 Å². The van der Waals surface area contributed by atoms with Crippen LogP contribution in [0.3, 0.4) is 0 Å². The molecule has 0 atom stereocenters. The van der Waals surface area contributed by atoms with E-state index in [1.807, 2.05) is 24.3 Å². The van der Waals surface area contributed by atoms with Gasteiger partial charge in [-0.25, -0.2) is 4.98 Å². The number of thiazole rings is 1. The van der Waals surface area contributed by atoms with E-state index in [1.54, 1.807) is 0 Å². The van der Waals surface area contributed by atoms with Crippen molar-refractivity contribution < 1.29 is 9.59 Å². The van der Waals surface area contributed by atoms with Gasteiger partial charge in [0.05, 0.1) is 41.4 Å². The molecule has 120 valence electrons. The van der Waals surface area contributed by atoms with E-state index in [9.17, 15) is 9.59 Å². The van der Waals surface area contributed by atoms with Gasteiger partial charge in [-0.05, 0) is 12.1 Å². The third kappa shape index (κ3) is 2.14. The molecule has 1 aliphatic carbocycles. The Morgan fingerprint density at radius 2 is 1.38 bits per heavy atom. The molecule has 8 heteroatoms. The zero-order valence-electron chi connectivity index (χ0n) is 11.6. The summed E-state index contributed by atoms with van der Waals surface area (Å²) in [5.74, 6) is -1.99. The maximum Gasteiger partial charge on any atom is 0.182 e. The van der Waals surface area contributed by atoms with Crippen LogP contribution >= 0.6 is 57.7 Å². The maximum absolute atomic E-state index is 12.8. The highest BCUT2D eigenvalue weighted by Crippen LogP contribution is 2.48. The molecule has 1 heterocycles. The molecule has 1 aliphatic rings. The number of fused-ring (bicyclic) bond motifs is 2. The number of halogens is 4. The van der Waals surface area contributed by atoms with Gasteiger partial charge in [-0.2, -0.15) is 0 Å². The molecule has 0 N–H and O–H groups in total. The number of hydrogen-bond acceptors (Lipinski definition) is 4. The average Bonchev–Trinajstić information content (AvgIpc) is 3.09. The molecule has 0 fully saturated rings. The predicted octanol–water partition coefficient (Wildman–Crippen LogP) is 6.07. The van der Waals surface area contributed by atoms with Crippen molar-refractivity contribution in [2.75, 3.05) is 0 Å². The van der Waals surface area contributed by atoms with Crippen LogP contribution in [0.1, 0.15) is 31.6 Å². The predicted molar refractivity (Wildman–Crippen MR) is 97.5 cm³/mol. The van der Waals surface area contributed by atoms with E-state index in [-0.39, 0.29) is 31.2 Å². The van der Waals surface area contributed by atoms with Gasteiger partial charge in [-0.3, -0.25) is 9.59 Å². The van der Waals surface area contributed by atoms with Gasteiger partial charge in [0.15, 0.2) is 11.6 Å². The van der Waals surface area contributed by atoms with E-state index < -0.39 is 17.5 Å². The molecule has 3 nitrogen and oxygen atoms in total. The molecule has 24 heavy (non-hydrogen) atoms. The summed E-state index contributed by atoms with van der Waals surface area (Å²) in [5.41, 5.74) is 0.762. The number of nitrogens with zero attached hydrogens (tertiary/aromatic N) is 1. The Morgan fingerprint density at radius 1 is 0.833 bits per heavy atom. The van der Waals surface area contributed by atoms with Crippen LogP contribution in [0.4, 0.5) is 0 Å². The molecule has 1 aromatic heterocycles. The SMILES string of the molecule is O=C1c2c(Cl)c(Cl)c(Cl)c(Cl)c2C(=O)C1c1nc2ccccc2s1. The number of carbonyl (C=O) groups excluding carboxylic acids is 2. The zero-order valence-corrected chi connectivity index (χ0v) is 15.4. The number of benzene rings is 2. The minimum absolute atomic E-state index is 0.0188. The van der Waals surface area contributed by atoms with Crippen molar-refractivity contribution in [1.82, 2.24) is 4.98 Å². The van der Waals surface area contributed by atoms with E-state index in [0.717, 1.165) is 10.2 Å². The Morgan fingerprint density at radius 3 is 1.92 bits per heavy atom. The van der Waals surface area contributed by atoms with Crippen LogP contribution in [-0.4, -0.2) is 16.6 Å². The molecular weight excluding hydrogens is 412 g/mol. The number of ketones is 2. The molecule has 0 radical (unpaired) electrons. The standard InChI is InChI=1S/C16H5Cl4NO2S/c17-10-7-8(11(18)13(20)12(10)19)15(23)9(14(7)22)16-21-5-3-1-2-4-6(5)24-16/h1-4,9H. The molecule has 0 saturated heterocycles. The van der Waals surface area contributed by atoms with Crippen molar-refractivity contribution in [3.8, 4) is 0 Å². The molecule has 0 saturated carbocycles. The summed E-state index contributed by atoms with van der Waals surface area (Å²) < 4.78 is 0.886. The topological polar surface area (TPSA) is 47.0 Å². The average molecular weight is 417 g/mol. The minimum Gasteiger partial charge on any atom is -0.293 e. The van der Waals surface area contributed by atoms with Gasteiger partial charge in [0.2, 0.25) is 0 Å². The molecular formula is C16H5Cl4NO2S. The fourth-order valence-corrected chi connectivity index (χ4v) is 4.84. The molecule has 0 aliphatic heterocycles. The third-order valence-corrected chi connectivity index (χ3v) is 6.74. The first-order valence-corrected chi connectivity index (χ1v) is 9.04. The summed E-state index contributed by atoms with van der Waals surface area (Å²) >= 11 is 25.6. The first kappa shape index (κ1) is 16.3. The van der Waals surface area contributed by atoms with E-state index in [1.165, 1.54) is 11.3 Å². The number of carbonyl (C=O) groups is 2. The lowest BCUT2D eigenvalue weighted by atomic mass is 10.1. The lowest BCUT2D eigenvalue weighted by Gasteiger charge is -2.07. The van der Waals surface area contributed by atoms with Crippen LogP contribution in [0.5, 0.6) is 0 Å². The molecule has 0 spiro atoms. The molecule has 4 rings (SSSR count). The molecule has 0 unspecified atom stereocenters. The van der Waals surface area contributed by atoms with Crippen molar-refractivity contribution >= 4 is 79.5 Å². The van der Waals surface area contributed by atoms with Crippen LogP contribution in [-0.2, 0) is 0 Å². The van der Waals surface area contributed by atoms with Gasteiger partial charge in [-0.15, -0.1) is 11.3 Å². The maximum atomic E-state index is 12.8. The Bertz CT molecular complexity index is 980. The summed E-state index contributed by atoms with van der Waals surface area (Å²) in [6.45, 7) is 0. The van der Waals surface area contributed by atoms with Crippen molar-refractivity contribution in [3.63, 3.8) is 0 Å². The number of Topliss-reactive ketones (excluding diaryl/α,β-unsaturated/α-hetero) is 2. The Balaban J connectivity index is 1.94. The smallest absolute Gasteiger partial charge is 0.182 e. The second-order valence-corrected chi connectivity index (χ2v) is 7.76. The number of para-hydroxylation sites is 1. The summed E-state index contributed by atoms with van der Waals surface area (Å²) in [6.07, 6.45) is 0. The Hall–Kier alpha value is -1.17. The summed E-state index contributed by atoms with van der Waals surface area (Å²) in [5, 5.41) is 0.231. The highest BCUT2D eigenvalue weighted by atomic mass is 35.5. The fraction of sp³-hybridized carbons (Fsp3) is 0.0625. The molecule has 0 amide bonds. The first-order chi connectivity index (χ1) is 11.4. The van der Waals surface area contributed by atoms with E-state index in [2.05, 4.69) is 4.98 Å². The third-order valence-electron chi connectivity index (χ3n) is 3.84. The first-order valence-electron chi connectivity index (χ1n) is 6.71. The monoisotopic (exact) mass is 415 g/mol. The summed E-state index contributed by atoms with van der Waals surface area (Å²) in [4.78, 5) is 30.1. The summed E-state index contributed by atoms with van der Waals surface area (Å²) in [6, 6.07) is 7.40. The van der Waals surface area contributed by atoms with E-state index in [4.69, 9.17) is 46.4 Å². The van der Waals surface area contributed by atoms with Crippen molar-refractivity contribution in [1.29, 1.82) is 0 Å².